The first-order chi connectivity index (χ1) is 9.79. The quantitative estimate of drug-likeness (QED) is 0.849. The molecule has 2 N–H and O–H groups in total. The van der Waals surface area contributed by atoms with Crippen molar-refractivity contribution >= 4 is 17.2 Å². The predicted octanol–water partition coefficient (Wildman–Crippen LogP) is 2.63. The van der Waals surface area contributed by atoms with Gasteiger partial charge in [0, 0.05) is 18.0 Å². The van der Waals surface area contributed by atoms with E-state index < -0.39 is 0 Å². The van der Waals surface area contributed by atoms with Crippen LogP contribution in [0, 0.1) is 0 Å². The highest BCUT2D eigenvalue weighted by Crippen LogP contribution is 2.39. The van der Waals surface area contributed by atoms with Crippen LogP contribution >= 0.6 is 11.3 Å². The number of aliphatic hydroxyl groups is 1. The number of hydrogen-bond donors (Lipinski definition) is 2. The molecule has 2 aromatic rings. The maximum atomic E-state index is 12.1. The van der Waals surface area contributed by atoms with Crippen LogP contribution in [0.4, 0.5) is 0 Å². The Morgan fingerprint density at radius 1 is 1.25 bits per heavy atom. The molecule has 104 valence electrons. The summed E-state index contributed by atoms with van der Waals surface area (Å²) >= 11 is 1.57. The lowest BCUT2D eigenvalue weighted by molar-refractivity contribution is 0.0955. The third kappa shape index (κ3) is 2.49. The van der Waals surface area contributed by atoms with Gasteiger partial charge in [0.2, 0.25) is 0 Å². The minimum absolute atomic E-state index is 0.0321. The average Bonchev–Trinajstić information content (AvgIpc) is 2.92. The van der Waals surface area contributed by atoms with Crippen LogP contribution in [0.1, 0.15) is 27.2 Å². The van der Waals surface area contributed by atoms with Gasteiger partial charge in [0.25, 0.3) is 5.91 Å². The van der Waals surface area contributed by atoms with Crippen LogP contribution in [0.25, 0.3) is 10.4 Å². The summed E-state index contributed by atoms with van der Waals surface area (Å²) in [6.45, 7) is 0.628. The number of nitrogens with one attached hydrogen (secondary N) is 1. The number of carbonyl (C=O) groups is 1. The molecule has 1 aliphatic carbocycles. The summed E-state index contributed by atoms with van der Waals surface area (Å²) < 4.78 is 0. The van der Waals surface area contributed by atoms with Gasteiger partial charge < -0.3 is 10.4 Å². The van der Waals surface area contributed by atoms with Crippen LogP contribution in [0.3, 0.4) is 0 Å². The van der Waals surface area contributed by atoms with Crippen molar-refractivity contribution in [1.29, 1.82) is 0 Å². The summed E-state index contributed by atoms with van der Waals surface area (Å²) in [5.74, 6) is -0.0321. The molecule has 1 heterocycles. The molecule has 0 spiro atoms. The number of aryl methyl sites for hydroxylation is 2. The van der Waals surface area contributed by atoms with Gasteiger partial charge in [0.15, 0.2) is 0 Å². The molecule has 20 heavy (non-hydrogen) atoms. The molecular weight excluding hydrogens is 270 g/mol. The van der Waals surface area contributed by atoms with Crippen molar-refractivity contribution in [2.45, 2.75) is 19.3 Å². The predicted molar refractivity (Wildman–Crippen MR) is 81.2 cm³/mol. The SMILES string of the molecule is O=C(NCCCO)c1cc2c(s1)-c1ccccc1CC2. The van der Waals surface area contributed by atoms with Crippen molar-refractivity contribution in [3.63, 3.8) is 0 Å². The van der Waals surface area contributed by atoms with Gasteiger partial charge in [-0.2, -0.15) is 0 Å². The molecule has 0 radical (unpaired) electrons. The number of rotatable bonds is 4. The fourth-order valence-electron chi connectivity index (χ4n) is 2.55. The van der Waals surface area contributed by atoms with Gasteiger partial charge in [-0.3, -0.25) is 4.79 Å². The van der Waals surface area contributed by atoms with E-state index in [9.17, 15) is 4.79 Å². The molecule has 4 heteroatoms. The standard InChI is InChI=1S/C16H17NO2S/c18-9-3-8-17-16(19)14-10-12-7-6-11-4-1-2-5-13(11)15(12)20-14/h1-2,4-5,10,18H,3,6-9H2,(H,17,19). The van der Waals surface area contributed by atoms with Gasteiger partial charge in [-0.1, -0.05) is 24.3 Å². The maximum Gasteiger partial charge on any atom is 0.261 e. The van der Waals surface area contributed by atoms with Gasteiger partial charge in [-0.05, 0) is 42.0 Å². The lowest BCUT2D eigenvalue weighted by Gasteiger charge is -2.15. The third-order valence-electron chi connectivity index (χ3n) is 3.58. The van der Waals surface area contributed by atoms with Gasteiger partial charge in [0.05, 0.1) is 4.88 Å². The van der Waals surface area contributed by atoms with Crippen LogP contribution in [-0.2, 0) is 12.8 Å². The van der Waals surface area contributed by atoms with Crippen LogP contribution in [0.2, 0.25) is 0 Å². The first-order valence-corrected chi connectivity index (χ1v) is 7.71. The van der Waals surface area contributed by atoms with Gasteiger partial charge in [0.1, 0.15) is 0 Å². The normalized spacial score (nSPS) is 12.7. The van der Waals surface area contributed by atoms with E-state index in [1.165, 1.54) is 21.6 Å². The Morgan fingerprint density at radius 3 is 2.90 bits per heavy atom. The van der Waals surface area contributed by atoms with Crippen LogP contribution in [-0.4, -0.2) is 24.2 Å². The molecule has 0 aliphatic heterocycles. The largest absolute Gasteiger partial charge is 0.396 e. The number of hydrogen-bond acceptors (Lipinski definition) is 3. The Labute approximate surface area is 122 Å². The monoisotopic (exact) mass is 287 g/mol. The van der Waals surface area contributed by atoms with Crippen molar-refractivity contribution in [2.75, 3.05) is 13.2 Å². The Hall–Kier alpha value is -1.65. The molecule has 0 unspecified atom stereocenters. The molecule has 3 rings (SSSR count). The first-order valence-electron chi connectivity index (χ1n) is 6.89. The molecule has 0 bridgehead atoms. The van der Waals surface area contributed by atoms with E-state index in [1.807, 2.05) is 6.07 Å². The zero-order valence-corrected chi connectivity index (χ0v) is 12.0. The van der Waals surface area contributed by atoms with E-state index in [0.29, 0.717) is 13.0 Å². The average molecular weight is 287 g/mol. The molecule has 3 nitrogen and oxygen atoms in total. The molecule has 0 fully saturated rings. The number of aliphatic hydroxyl groups excluding tert-OH is 1. The topological polar surface area (TPSA) is 49.3 Å². The second kappa shape index (κ2) is 5.77. The number of carbonyl (C=O) groups excluding carboxylic acids is 1. The van der Waals surface area contributed by atoms with Crippen molar-refractivity contribution in [2.24, 2.45) is 0 Å². The van der Waals surface area contributed by atoms with Crippen LogP contribution in [0.5, 0.6) is 0 Å². The van der Waals surface area contributed by atoms with Crippen molar-refractivity contribution in [3.8, 4) is 10.4 Å². The van der Waals surface area contributed by atoms with E-state index in [0.717, 1.165) is 17.7 Å². The number of benzene rings is 1. The Kier molecular flexibility index (Phi) is 3.85. The smallest absolute Gasteiger partial charge is 0.261 e. The molecular formula is C16H17NO2S. The van der Waals surface area contributed by atoms with E-state index >= 15 is 0 Å². The highest BCUT2D eigenvalue weighted by Gasteiger charge is 2.20. The summed E-state index contributed by atoms with van der Waals surface area (Å²) in [6, 6.07) is 10.4. The lowest BCUT2D eigenvalue weighted by atomic mass is 9.91. The minimum Gasteiger partial charge on any atom is -0.396 e. The van der Waals surface area contributed by atoms with E-state index in [-0.39, 0.29) is 12.5 Å². The summed E-state index contributed by atoms with van der Waals surface area (Å²) in [5.41, 5.74) is 3.92. The number of fused-ring (bicyclic) bond motifs is 3. The van der Waals surface area contributed by atoms with Gasteiger partial charge in [-0.25, -0.2) is 0 Å². The maximum absolute atomic E-state index is 12.1. The van der Waals surface area contributed by atoms with Crippen LogP contribution < -0.4 is 5.32 Å². The summed E-state index contributed by atoms with van der Waals surface area (Å²) in [5, 5.41) is 11.6. The van der Waals surface area contributed by atoms with Crippen molar-refractivity contribution < 1.29 is 9.90 Å². The fraction of sp³-hybridized carbons (Fsp3) is 0.312. The molecule has 1 aromatic heterocycles. The Bertz CT molecular complexity index is 633. The second-order valence-corrected chi connectivity index (χ2v) is 6.01. The molecule has 1 amide bonds. The van der Waals surface area contributed by atoms with Gasteiger partial charge >= 0.3 is 0 Å². The summed E-state index contributed by atoms with van der Waals surface area (Å²) in [7, 11) is 0. The molecule has 1 aliphatic rings. The molecule has 0 atom stereocenters. The van der Waals surface area contributed by atoms with E-state index in [2.05, 4.69) is 29.6 Å². The highest BCUT2D eigenvalue weighted by atomic mass is 32.1. The zero-order chi connectivity index (χ0) is 13.9. The molecule has 1 aromatic carbocycles. The van der Waals surface area contributed by atoms with Crippen molar-refractivity contribution in [1.82, 2.24) is 5.32 Å². The van der Waals surface area contributed by atoms with E-state index in [1.54, 1.807) is 11.3 Å². The van der Waals surface area contributed by atoms with Crippen LogP contribution in [0.15, 0.2) is 30.3 Å². The number of amides is 1. The Balaban J connectivity index is 1.85. The van der Waals surface area contributed by atoms with Gasteiger partial charge in [-0.15, -0.1) is 11.3 Å². The first kappa shape index (κ1) is 13.3. The highest BCUT2D eigenvalue weighted by molar-refractivity contribution is 7.17. The van der Waals surface area contributed by atoms with E-state index in [4.69, 9.17) is 5.11 Å². The summed E-state index contributed by atoms with van der Waals surface area (Å²) in [6.07, 6.45) is 2.65. The van der Waals surface area contributed by atoms with Crippen molar-refractivity contribution in [3.05, 3.63) is 46.3 Å². The third-order valence-corrected chi connectivity index (χ3v) is 4.79. The minimum atomic E-state index is -0.0321. The fourth-order valence-corrected chi connectivity index (χ4v) is 3.74. The Morgan fingerprint density at radius 2 is 2.05 bits per heavy atom. The lowest BCUT2D eigenvalue weighted by Crippen LogP contribution is -2.24. The molecule has 0 saturated heterocycles. The zero-order valence-electron chi connectivity index (χ0n) is 11.2. The second-order valence-electron chi connectivity index (χ2n) is 4.96. The number of thiophene rings is 1. The molecule has 0 saturated carbocycles. The summed E-state index contributed by atoms with van der Waals surface area (Å²) in [4.78, 5) is 14.1.